The van der Waals surface area contributed by atoms with Gasteiger partial charge in [-0.3, -0.25) is 4.79 Å². The first-order chi connectivity index (χ1) is 17.2. The van der Waals surface area contributed by atoms with Gasteiger partial charge in [0.1, 0.15) is 11.5 Å². The molecule has 35 heavy (non-hydrogen) atoms. The fourth-order valence-electron chi connectivity index (χ4n) is 4.26. The minimum absolute atomic E-state index is 0.422. The van der Waals surface area contributed by atoms with Crippen LogP contribution in [0.3, 0.4) is 0 Å². The zero-order valence-corrected chi connectivity index (χ0v) is 22.4. The maximum atomic E-state index is 11.7. The molecule has 0 saturated heterocycles. The highest BCUT2D eigenvalue weighted by Crippen LogP contribution is 2.20. The first-order valence-corrected chi connectivity index (χ1v) is 14.3. The number of carbonyl (C=O) groups excluding carboxylic acids is 1. The van der Waals surface area contributed by atoms with E-state index in [1.165, 1.54) is 56.9 Å². The van der Waals surface area contributed by atoms with Crippen LogP contribution in [0, 0.1) is 0 Å². The summed E-state index contributed by atoms with van der Waals surface area (Å²) in [5.74, 6) is 2.07. The van der Waals surface area contributed by atoms with E-state index in [1.54, 1.807) is 0 Å². The number of Topliss-reactive ketones (excluding diaryl/α,β-unsaturated/α-hetero) is 1. The summed E-state index contributed by atoms with van der Waals surface area (Å²) in [6.45, 7) is 5.11. The first-order valence-electron chi connectivity index (χ1n) is 14.3. The van der Waals surface area contributed by atoms with Gasteiger partial charge in [-0.05, 0) is 61.9 Å². The Morgan fingerprint density at radius 1 is 0.686 bits per heavy atom. The second-order valence-corrected chi connectivity index (χ2v) is 9.82. The summed E-state index contributed by atoms with van der Waals surface area (Å²) in [7, 11) is 0. The van der Waals surface area contributed by atoms with Crippen molar-refractivity contribution < 1.29 is 9.53 Å². The van der Waals surface area contributed by atoms with Crippen molar-refractivity contribution in [2.45, 2.75) is 123 Å². The Balaban J connectivity index is 1.58. The third kappa shape index (κ3) is 13.4. The van der Waals surface area contributed by atoms with Crippen molar-refractivity contribution in [2.24, 2.45) is 0 Å². The average molecular weight is 481 g/mol. The molecule has 4 heteroatoms. The Morgan fingerprint density at radius 2 is 1.26 bits per heavy atom. The van der Waals surface area contributed by atoms with Gasteiger partial charge in [0.25, 0.3) is 0 Å². The minimum Gasteiger partial charge on any atom is -0.494 e. The van der Waals surface area contributed by atoms with Gasteiger partial charge in [-0.25, -0.2) is 9.97 Å². The molecule has 0 amide bonds. The molecule has 0 N–H and O–H groups in total. The van der Waals surface area contributed by atoms with Crippen LogP contribution in [0.15, 0.2) is 36.7 Å². The molecule has 1 aromatic carbocycles. The van der Waals surface area contributed by atoms with Gasteiger partial charge >= 0.3 is 0 Å². The van der Waals surface area contributed by atoms with Crippen molar-refractivity contribution in [1.29, 1.82) is 0 Å². The van der Waals surface area contributed by atoms with Crippen LogP contribution < -0.4 is 4.74 Å². The summed E-state index contributed by atoms with van der Waals surface area (Å²) < 4.78 is 5.88. The number of nitrogens with zero attached hydrogens (tertiary/aromatic N) is 2. The topological polar surface area (TPSA) is 52.1 Å². The highest BCUT2D eigenvalue weighted by atomic mass is 16.5. The van der Waals surface area contributed by atoms with E-state index in [1.807, 2.05) is 36.7 Å². The molecule has 0 saturated carbocycles. The lowest BCUT2D eigenvalue weighted by atomic mass is 10.1. The largest absolute Gasteiger partial charge is 0.494 e. The average Bonchev–Trinajstić information content (AvgIpc) is 2.89. The fraction of sp³-hybridized carbons (Fsp3) is 0.645. The maximum Gasteiger partial charge on any atom is 0.159 e. The first kappa shape index (κ1) is 29.0. The van der Waals surface area contributed by atoms with Crippen LogP contribution in [0.1, 0.15) is 122 Å². The second-order valence-electron chi connectivity index (χ2n) is 9.82. The minimum atomic E-state index is 0.422. The molecule has 194 valence electrons. The Kier molecular flexibility index (Phi) is 15.8. The third-order valence-electron chi connectivity index (χ3n) is 6.56. The van der Waals surface area contributed by atoms with Crippen molar-refractivity contribution in [3.8, 4) is 17.1 Å². The number of aromatic nitrogens is 2. The molecule has 2 rings (SSSR count). The summed E-state index contributed by atoms with van der Waals surface area (Å²) in [5.41, 5.74) is 2.24. The van der Waals surface area contributed by atoms with E-state index in [9.17, 15) is 4.79 Å². The van der Waals surface area contributed by atoms with Gasteiger partial charge in [-0.15, -0.1) is 0 Å². The highest BCUT2D eigenvalue weighted by molar-refractivity contribution is 5.78. The summed E-state index contributed by atoms with van der Waals surface area (Å²) >= 11 is 0. The number of carbonyl (C=O) groups is 1. The third-order valence-corrected chi connectivity index (χ3v) is 6.56. The quantitative estimate of drug-likeness (QED) is 0.167. The molecule has 0 spiro atoms. The molecule has 0 radical (unpaired) electrons. The van der Waals surface area contributed by atoms with Crippen LogP contribution in [-0.4, -0.2) is 22.4 Å². The number of benzene rings is 1. The highest BCUT2D eigenvalue weighted by Gasteiger charge is 2.04. The zero-order valence-electron chi connectivity index (χ0n) is 22.4. The Morgan fingerprint density at radius 3 is 1.94 bits per heavy atom. The molecular formula is C31H48N2O2. The van der Waals surface area contributed by atoms with E-state index in [0.717, 1.165) is 74.9 Å². The van der Waals surface area contributed by atoms with Gasteiger partial charge in [0.15, 0.2) is 5.82 Å². The van der Waals surface area contributed by atoms with E-state index >= 15 is 0 Å². The summed E-state index contributed by atoms with van der Waals surface area (Å²) in [4.78, 5) is 20.9. The van der Waals surface area contributed by atoms with Crippen molar-refractivity contribution in [3.63, 3.8) is 0 Å². The molecule has 0 unspecified atom stereocenters. The molecule has 0 bridgehead atoms. The van der Waals surface area contributed by atoms with Crippen LogP contribution >= 0.6 is 0 Å². The monoisotopic (exact) mass is 480 g/mol. The van der Waals surface area contributed by atoms with Crippen LogP contribution in [0.25, 0.3) is 11.4 Å². The standard InChI is InChI=1S/C31H48N2O2/c1-3-5-7-8-9-10-11-14-17-27-25-32-31(33-26-27)28-20-22-30(23-21-28)35-24-16-13-12-15-19-29(34)18-6-4-2/h20-23,25-26H,3-19,24H2,1-2H3. The number of hydrogen-bond donors (Lipinski definition) is 0. The summed E-state index contributed by atoms with van der Waals surface area (Å²) in [6, 6.07) is 8.06. The molecule has 4 nitrogen and oxygen atoms in total. The summed E-state index contributed by atoms with van der Waals surface area (Å²) in [5, 5.41) is 0. The van der Waals surface area contributed by atoms with Crippen LogP contribution in [0.5, 0.6) is 5.75 Å². The predicted molar refractivity (Wildman–Crippen MR) is 147 cm³/mol. The number of aryl methyl sites for hydroxylation is 1. The van der Waals surface area contributed by atoms with Crippen molar-refractivity contribution in [1.82, 2.24) is 9.97 Å². The van der Waals surface area contributed by atoms with Gasteiger partial charge < -0.3 is 4.74 Å². The lowest BCUT2D eigenvalue weighted by Crippen LogP contribution is -1.99. The molecule has 1 aromatic heterocycles. The zero-order chi connectivity index (χ0) is 25.0. The van der Waals surface area contributed by atoms with Gasteiger partial charge in [-0.2, -0.15) is 0 Å². The number of rotatable bonds is 21. The lowest BCUT2D eigenvalue weighted by molar-refractivity contribution is -0.119. The molecule has 2 aromatic rings. The predicted octanol–water partition coefficient (Wildman–Crippen LogP) is 8.92. The van der Waals surface area contributed by atoms with Crippen molar-refractivity contribution in [2.75, 3.05) is 6.61 Å². The van der Waals surface area contributed by atoms with E-state index in [4.69, 9.17) is 4.74 Å². The second kappa shape index (κ2) is 19.0. The van der Waals surface area contributed by atoms with Crippen molar-refractivity contribution >= 4 is 5.78 Å². The molecule has 0 aliphatic heterocycles. The van der Waals surface area contributed by atoms with Gasteiger partial charge in [0, 0.05) is 30.8 Å². The van der Waals surface area contributed by atoms with Gasteiger partial charge in [0.05, 0.1) is 6.61 Å². The van der Waals surface area contributed by atoms with E-state index in [2.05, 4.69) is 23.8 Å². The van der Waals surface area contributed by atoms with Crippen LogP contribution in [0.4, 0.5) is 0 Å². The van der Waals surface area contributed by atoms with E-state index < -0.39 is 0 Å². The molecule has 0 fully saturated rings. The van der Waals surface area contributed by atoms with E-state index in [0.29, 0.717) is 12.4 Å². The molecule has 0 aliphatic rings. The normalized spacial score (nSPS) is 11.0. The Hall–Kier alpha value is -2.23. The smallest absolute Gasteiger partial charge is 0.159 e. The fourth-order valence-corrected chi connectivity index (χ4v) is 4.26. The maximum absolute atomic E-state index is 11.7. The molecule has 0 atom stereocenters. The Labute approximate surface area is 214 Å². The Bertz CT molecular complexity index is 787. The molecule has 1 heterocycles. The van der Waals surface area contributed by atoms with Crippen molar-refractivity contribution in [3.05, 3.63) is 42.2 Å². The van der Waals surface area contributed by atoms with Gasteiger partial charge in [-0.1, -0.05) is 78.1 Å². The summed E-state index contributed by atoms with van der Waals surface area (Å²) in [6.07, 6.45) is 23.6. The number of ether oxygens (including phenoxy) is 1. The number of hydrogen-bond acceptors (Lipinski definition) is 4. The molecular weight excluding hydrogens is 432 g/mol. The molecule has 0 aliphatic carbocycles. The van der Waals surface area contributed by atoms with Crippen LogP contribution in [-0.2, 0) is 11.2 Å². The number of ketones is 1. The van der Waals surface area contributed by atoms with E-state index in [-0.39, 0.29) is 0 Å². The van der Waals surface area contributed by atoms with Crippen LogP contribution in [0.2, 0.25) is 0 Å². The van der Waals surface area contributed by atoms with Gasteiger partial charge in [0.2, 0.25) is 0 Å². The lowest BCUT2D eigenvalue weighted by Gasteiger charge is -2.07. The number of unbranched alkanes of at least 4 members (excludes halogenated alkanes) is 11. The SMILES string of the molecule is CCCCCCCCCCc1cnc(-c2ccc(OCCCCCCC(=O)CCCC)cc2)nc1.